The topological polar surface area (TPSA) is 63.6 Å². The van der Waals surface area contributed by atoms with Crippen LogP contribution in [0.5, 0.6) is 0 Å². The maximum Gasteiger partial charge on any atom is 0.367 e. The van der Waals surface area contributed by atoms with Gasteiger partial charge in [-0.3, -0.25) is 4.79 Å². The average molecular weight is 214 g/mol. The Morgan fingerprint density at radius 2 is 2.00 bits per heavy atom. The smallest absolute Gasteiger partial charge is 0.367 e. The molecule has 0 bridgehead atoms. The zero-order valence-electron chi connectivity index (χ0n) is 7.47. The number of hydrogen-bond donors (Lipinski definition) is 1. The average Bonchev–Trinajstić information content (AvgIpc) is 2.15. The minimum Gasteiger partial charge on any atom is -0.394 e. The van der Waals surface area contributed by atoms with Gasteiger partial charge in [0.05, 0.1) is 0 Å². The molecule has 0 saturated heterocycles. The van der Waals surface area contributed by atoms with Crippen LogP contribution in [-0.2, 0) is 20.3 Å². The number of carbonyl (C=O) groups excluding carboxylic acids is 1. The van der Waals surface area contributed by atoms with Crippen molar-refractivity contribution in [1.29, 1.82) is 0 Å². The molecule has 5 heteroatoms. The normalized spacial score (nSPS) is 12.1. The second-order valence-corrected chi connectivity index (χ2v) is 3.46. The zero-order chi connectivity index (χ0) is 10.4. The van der Waals surface area contributed by atoms with E-state index in [0.717, 1.165) is 5.56 Å². The van der Waals surface area contributed by atoms with Gasteiger partial charge < -0.3 is 9.42 Å². The third-order valence-electron chi connectivity index (χ3n) is 1.66. The van der Waals surface area contributed by atoms with E-state index >= 15 is 0 Å². The Bertz CT molecular complexity index is 323. The van der Waals surface area contributed by atoms with Gasteiger partial charge in [-0.15, -0.1) is 0 Å². The van der Waals surface area contributed by atoms with E-state index in [1.807, 2.05) is 30.3 Å². The second-order valence-electron chi connectivity index (χ2n) is 2.73. The van der Waals surface area contributed by atoms with Gasteiger partial charge in [-0.25, -0.2) is 4.57 Å². The molecule has 1 aromatic carbocycles. The fraction of sp³-hybridized carbons (Fsp3) is 0.222. The van der Waals surface area contributed by atoms with Gasteiger partial charge in [0, 0.05) is 6.42 Å². The van der Waals surface area contributed by atoms with Crippen LogP contribution in [0.25, 0.3) is 0 Å². The number of benzene rings is 1. The largest absolute Gasteiger partial charge is 0.394 e. The van der Waals surface area contributed by atoms with Gasteiger partial charge in [-0.2, -0.15) is 0 Å². The molecule has 1 atom stereocenters. The summed E-state index contributed by atoms with van der Waals surface area (Å²) in [5.74, 6) is -0.639. The van der Waals surface area contributed by atoms with Crippen LogP contribution >= 0.6 is 8.25 Å². The van der Waals surface area contributed by atoms with Gasteiger partial charge in [0.2, 0.25) is 0 Å². The zero-order valence-corrected chi connectivity index (χ0v) is 8.47. The summed E-state index contributed by atoms with van der Waals surface area (Å²) in [6.07, 6.45) is 0.649. The first-order chi connectivity index (χ1) is 6.68. The lowest BCUT2D eigenvalue weighted by atomic mass is 10.1. The molecule has 1 aromatic rings. The van der Waals surface area contributed by atoms with Crippen LogP contribution in [0.4, 0.5) is 0 Å². The third-order valence-corrected chi connectivity index (χ3v) is 2.06. The highest BCUT2D eigenvalue weighted by atomic mass is 31.1. The van der Waals surface area contributed by atoms with Gasteiger partial charge >= 0.3 is 14.2 Å². The molecular formula is C9H11O4P. The van der Waals surface area contributed by atoms with Crippen molar-refractivity contribution in [2.24, 2.45) is 0 Å². The Kier molecular flexibility index (Phi) is 4.36. The molecule has 1 unspecified atom stereocenters. The predicted octanol–water partition coefficient (Wildman–Crippen LogP) is 1.54. The van der Waals surface area contributed by atoms with Crippen molar-refractivity contribution in [2.45, 2.75) is 12.8 Å². The van der Waals surface area contributed by atoms with E-state index in [9.17, 15) is 9.36 Å². The Morgan fingerprint density at radius 1 is 1.36 bits per heavy atom. The van der Waals surface area contributed by atoms with Crippen molar-refractivity contribution in [3.8, 4) is 0 Å². The summed E-state index contributed by atoms with van der Waals surface area (Å²) < 4.78 is 14.3. The summed E-state index contributed by atoms with van der Waals surface area (Å²) in [5, 5.41) is 0. The van der Waals surface area contributed by atoms with Crippen LogP contribution in [0.1, 0.15) is 12.0 Å². The minimum absolute atomic E-state index is 0.126. The molecule has 76 valence electrons. The molecule has 0 heterocycles. The van der Waals surface area contributed by atoms with Gasteiger partial charge in [-0.05, 0) is 12.0 Å². The van der Waals surface area contributed by atoms with Crippen LogP contribution in [-0.4, -0.2) is 10.9 Å². The monoisotopic (exact) mass is 214 g/mol. The van der Waals surface area contributed by atoms with Crippen molar-refractivity contribution in [1.82, 2.24) is 0 Å². The maximum atomic E-state index is 10.9. The van der Waals surface area contributed by atoms with Crippen molar-refractivity contribution in [3.05, 3.63) is 35.9 Å². The molecular weight excluding hydrogens is 203 g/mol. The quantitative estimate of drug-likeness (QED) is 0.772. The fourth-order valence-corrected chi connectivity index (χ4v) is 1.34. The lowest BCUT2D eigenvalue weighted by molar-refractivity contribution is -0.134. The highest BCUT2D eigenvalue weighted by Gasteiger charge is 2.05. The van der Waals surface area contributed by atoms with Gasteiger partial charge in [0.1, 0.15) is 0 Å². The predicted molar refractivity (Wildman–Crippen MR) is 52.1 cm³/mol. The van der Waals surface area contributed by atoms with E-state index in [4.69, 9.17) is 4.89 Å². The number of aryl methyl sites for hydroxylation is 1. The molecule has 0 aliphatic rings. The Morgan fingerprint density at radius 3 is 2.57 bits per heavy atom. The van der Waals surface area contributed by atoms with E-state index in [1.165, 1.54) is 0 Å². The van der Waals surface area contributed by atoms with E-state index in [1.54, 1.807) is 0 Å². The minimum atomic E-state index is -3.14. The molecule has 0 aliphatic carbocycles. The highest BCUT2D eigenvalue weighted by molar-refractivity contribution is 7.32. The summed E-state index contributed by atoms with van der Waals surface area (Å²) in [7, 11) is -3.14. The molecule has 0 saturated carbocycles. The van der Waals surface area contributed by atoms with Crippen LogP contribution in [0.3, 0.4) is 0 Å². The van der Waals surface area contributed by atoms with Crippen molar-refractivity contribution in [3.63, 3.8) is 0 Å². The SMILES string of the molecule is O=C(CCc1ccccc1)O[PH](=O)O. The molecule has 14 heavy (non-hydrogen) atoms. The van der Waals surface area contributed by atoms with Crippen molar-refractivity contribution in [2.75, 3.05) is 0 Å². The van der Waals surface area contributed by atoms with Gasteiger partial charge in [0.15, 0.2) is 0 Å². The summed E-state index contributed by atoms with van der Waals surface area (Å²) in [6.45, 7) is 0. The maximum absolute atomic E-state index is 10.9. The summed E-state index contributed by atoms with van der Waals surface area (Å²) in [4.78, 5) is 19.2. The first-order valence-electron chi connectivity index (χ1n) is 4.16. The molecule has 0 spiro atoms. The summed E-state index contributed by atoms with van der Waals surface area (Å²) >= 11 is 0. The summed E-state index contributed by atoms with van der Waals surface area (Å²) in [5.41, 5.74) is 1.00. The molecule has 4 nitrogen and oxygen atoms in total. The van der Waals surface area contributed by atoms with Crippen LogP contribution in [0.15, 0.2) is 30.3 Å². The molecule has 1 N–H and O–H groups in total. The molecule has 0 amide bonds. The van der Waals surface area contributed by atoms with E-state index in [2.05, 4.69) is 4.52 Å². The lowest BCUT2D eigenvalue weighted by Crippen LogP contribution is -2.00. The van der Waals surface area contributed by atoms with E-state index < -0.39 is 14.2 Å². The molecule has 0 fully saturated rings. The van der Waals surface area contributed by atoms with Crippen LogP contribution in [0, 0.1) is 0 Å². The lowest BCUT2D eigenvalue weighted by Gasteiger charge is -2.00. The Hall–Kier alpha value is -1.12. The van der Waals surface area contributed by atoms with Crippen LogP contribution in [0.2, 0.25) is 0 Å². The fourth-order valence-electron chi connectivity index (χ4n) is 1.04. The van der Waals surface area contributed by atoms with E-state index in [0.29, 0.717) is 6.42 Å². The molecule has 1 rings (SSSR count). The molecule has 0 aromatic heterocycles. The summed E-state index contributed by atoms with van der Waals surface area (Å²) in [6, 6.07) is 9.39. The van der Waals surface area contributed by atoms with Gasteiger partial charge in [0.25, 0.3) is 0 Å². The highest BCUT2D eigenvalue weighted by Crippen LogP contribution is 2.16. The van der Waals surface area contributed by atoms with E-state index in [-0.39, 0.29) is 6.42 Å². The second kappa shape index (κ2) is 5.58. The molecule has 0 aliphatic heterocycles. The third kappa shape index (κ3) is 4.21. The number of rotatable bonds is 4. The molecule has 0 radical (unpaired) electrons. The standard InChI is InChI=1S/C9H11O4P/c10-9(13-14(11)12)7-6-8-4-2-1-3-5-8/h1-5,14H,6-7H2,(H,11,12). The van der Waals surface area contributed by atoms with Gasteiger partial charge in [-0.1, -0.05) is 30.3 Å². The Balaban J connectivity index is 2.34. The first-order valence-corrected chi connectivity index (χ1v) is 5.42. The van der Waals surface area contributed by atoms with Crippen LogP contribution < -0.4 is 0 Å². The first kappa shape index (κ1) is 11.0. The number of carbonyl (C=O) groups is 1. The van der Waals surface area contributed by atoms with Crippen molar-refractivity contribution < 1.29 is 18.8 Å². The number of hydrogen-bond acceptors (Lipinski definition) is 3. The van der Waals surface area contributed by atoms with Crippen molar-refractivity contribution >= 4 is 14.2 Å². The Labute approximate surface area is 82.5 Å².